The van der Waals surface area contributed by atoms with Crippen molar-refractivity contribution < 1.29 is 33.3 Å². The summed E-state index contributed by atoms with van der Waals surface area (Å²) >= 11 is 0. The van der Waals surface area contributed by atoms with Crippen molar-refractivity contribution in [1.29, 1.82) is 0 Å². The zero-order valence-corrected chi connectivity index (χ0v) is 22.9. The lowest BCUT2D eigenvalue weighted by atomic mass is 9.96. The summed E-state index contributed by atoms with van der Waals surface area (Å²) in [6, 6.07) is 10.3. The third kappa shape index (κ3) is 9.51. The number of carbonyl (C=O) groups excluding carboxylic acids is 3. The molecule has 0 saturated carbocycles. The molecule has 0 bridgehead atoms. The van der Waals surface area contributed by atoms with Gasteiger partial charge in [0.25, 0.3) is 0 Å². The van der Waals surface area contributed by atoms with Gasteiger partial charge in [-0.1, -0.05) is 64.4 Å². The predicted molar refractivity (Wildman–Crippen MR) is 145 cm³/mol. The zero-order valence-electron chi connectivity index (χ0n) is 22.9. The highest BCUT2D eigenvalue weighted by atomic mass is 16.6. The van der Waals surface area contributed by atoms with Crippen LogP contribution in [0.4, 0.5) is 0 Å². The summed E-state index contributed by atoms with van der Waals surface area (Å²) in [5, 5.41) is 0. The number of carbonyl (C=O) groups is 3. The predicted octanol–water partition coefficient (Wildman–Crippen LogP) is 7.43. The maximum atomic E-state index is 12.7. The van der Waals surface area contributed by atoms with Crippen LogP contribution in [0.15, 0.2) is 36.4 Å². The first-order valence-corrected chi connectivity index (χ1v) is 13.9. The lowest BCUT2D eigenvalue weighted by molar-refractivity contribution is -0.134. The summed E-state index contributed by atoms with van der Waals surface area (Å²) < 4.78 is 22.5. The van der Waals surface area contributed by atoms with Gasteiger partial charge < -0.3 is 18.9 Å². The minimum atomic E-state index is -0.453. The lowest BCUT2D eigenvalue weighted by Crippen LogP contribution is -2.18. The van der Waals surface area contributed by atoms with Gasteiger partial charge in [-0.15, -0.1) is 0 Å². The second kappa shape index (κ2) is 15.2. The van der Waals surface area contributed by atoms with E-state index < -0.39 is 11.9 Å². The number of hydrogen-bond donors (Lipinski definition) is 0. The third-order valence-electron chi connectivity index (χ3n) is 6.55. The van der Waals surface area contributed by atoms with Crippen LogP contribution in [0.2, 0.25) is 0 Å². The van der Waals surface area contributed by atoms with E-state index in [9.17, 15) is 14.4 Å². The molecule has 2 aromatic rings. The number of rotatable bonds is 14. The quantitative estimate of drug-likeness (QED) is 0.144. The Morgan fingerprint density at radius 3 is 2.05 bits per heavy atom. The second-order valence-electron chi connectivity index (χ2n) is 9.85. The van der Waals surface area contributed by atoms with Crippen LogP contribution in [0.1, 0.15) is 109 Å². The van der Waals surface area contributed by atoms with Crippen LogP contribution in [0.3, 0.4) is 0 Å². The van der Waals surface area contributed by atoms with Crippen molar-refractivity contribution in [3.05, 3.63) is 47.5 Å². The number of aryl methyl sites for hydroxylation is 1. The molecule has 3 rings (SSSR count). The Kier molecular flexibility index (Phi) is 11.7. The van der Waals surface area contributed by atoms with Crippen molar-refractivity contribution in [3.8, 4) is 23.0 Å². The van der Waals surface area contributed by atoms with E-state index in [1.807, 2.05) is 6.07 Å². The summed E-state index contributed by atoms with van der Waals surface area (Å²) in [4.78, 5) is 35.6. The number of ether oxygens (including phenoxy) is 4. The Morgan fingerprint density at radius 1 is 0.789 bits per heavy atom. The zero-order chi connectivity index (χ0) is 27.3. The molecule has 7 heteroatoms. The molecule has 206 valence electrons. The minimum Gasteiger partial charge on any atom is -0.485 e. The molecule has 1 unspecified atom stereocenters. The highest BCUT2D eigenvalue weighted by Crippen LogP contribution is 2.41. The summed E-state index contributed by atoms with van der Waals surface area (Å²) in [5.74, 6) is 0.494. The summed E-state index contributed by atoms with van der Waals surface area (Å²) in [6.45, 7) is 4.90. The molecule has 2 aromatic carbocycles. The van der Waals surface area contributed by atoms with E-state index in [1.165, 1.54) is 52.4 Å². The van der Waals surface area contributed by atoms with E-state index >= 15 is 0 Å². The minimum absolute atomic E-state index is 0.306. The van der Waals surface area contributed by atoms with E-state index in [-0.39, 0.29) is 12.1 Å². The molecule has 1 aliphatic heterocycles. The molecular weight excluding hydrogens is 484 g/mol. The number of esters is 3. The van der Waals surface area contributed by atoms with Crippen molar-refractivity contribution >= 4 is 17.9 Å². The molecule has 7 nitrogen and oxygen atoms in total. The van der Waals surface area contributed by atoms with Gasteiger partial charge >= 0.3 is 17.9 Å². The normalized spacial score (nSPS) is 14.2. The molecule has 0 radical (unpaired) electrons. The molecule has 0 saturated heterocycles. The number of benzene rings is 2. The number of fused-ring (bicyclic) bond motifs is 1. The van der Waals surface area contributed by atoms with Crippen LogP contribution >= 0.6 is 0 Å². The van der Waals surface area contributed by atoms with Gasteiger partial charge in [0.15, 0.2) is 0 Å². The van der Waals surface area contributed by atoms with Crippen LogP contribution in [0, 0.1) is 0 Å². The van der Waals surface area contributed by atoms with Gasteiger partial charge in [0.05, 0.1) is 0 Å². The lowest BCUT2D eigenvalue weighted by Gasteiger charge is -2.28. The molecule has 0 N–H and O–H groups in total. The van der Waals surface area contributed by atoms with Gasteiger partial charge in [0.2, 0.25) is 0 Å². The Balaban J connectivity index is 1.62. The van der Waals surface area contributed by atoms with Gasteiger partial charge in [-0.05, 0) is 43.0 Å². The molecule has 1 heterocycles. The van der Waals surface area contributed by atoms with Gasteiger partial charge in [-0.25, -0.2) is 0 Å². The maximum absolute atomic E-state index is 12.7. The first-order chi connectivity index (χ1) is 18.4. The monoisotopic (exact) mass is 524 g/mol. The molecule has 0 aromatic heterocycles. The molecule has 0 spiro atoms. The van der Waals surface area contributed by atoms with Gasteiger partial charge in [-0.3, -0.25) is 14.4 Å². The van der Waals surface area contributed by atoms with Gasteiger partial charge in [0.1, 0.15) is 29.1 Å². The second-order valence-corrected chi connectivity index (χ2v) is 9.85. The molecule has 0 amide bonds. The molecule has 1 atom stereocenters. The maximum Gasteiger partial charge on any atom is 0.311 e. The van der Waals surface area contributed by atoms with Crippen LogP contribution in [0.5, 0.6) is 23.0 Å². The highest BCUT2D eigenvalue weighted by molar-refractivity contribution is 5.74. The smallest absolute Gasteiger partial charge is 0.311 e. The standard InChI is InChI=1S/C31H40O7/c1-4-5-6-7-8-9-10-11-12-13-31(34)38-30-21-26(36-23(3)33)17-18-27(30)28-19-15-24-14-16-25(35-22(2)32)20-29(24)37-28/h14,16-18,20-21,28H,4-13,15,19H2,1-3H3. The van der Waals surface area contributed by atoms with Crippen molar-refractivity contribution in [1.82, 2.24) is 0 Å². The van der Waals surface area contributed by atoms with Crippen LogP contribution in [-0.2, 0) is 20.8 Å². The topological polar surface area (TPSA) is 88.1 Å². The van der Waals surface area contributed by atoms with E-state index in [0.29, 0.717) is 41.4 Å². The fourth-order valence-electron chi connectivity index (χ4n) is 4.65. The Bertz CT molecular complexity index is 1090. The summed E-state index contributed by atoms with van der Waals surface area (Å²) in [5.41, 5.74) is 1.71. The Labute approximate surface area is 225 Å². The molecule has 1 aliphatic rings. The van der Waals surface area contributed by atoms with Crippen LogP contribution < -0.4 is 18.9 Å². The van der Waals surface area contributed by atoms with E-state index in [1.54, 1.807) is 30.3 Å². The third-order valence-corrected chi connectivity index (χ3v) is 6.55. The molecule has 38 heavy (non-hydrogen) atoms. The van der Waals surface area contributed by atoms with Crippen molar-refractivity contribution in [2.45, 2.75) is 104 Å². The first-order valence-electron chi connectivity index (χ1n) is 13.9. The van der Waals surface area contributed by atoms with Crippen LogP contribution in [-0.4, -0.2) is 17.9 Å². The van der Waals surface area contributed by atoms with Crippen LogP contribution in [0.25, 0.3) is 0 Å². The molecule has 0 fully saturated rings. The number of hydrogen-bond acceptors (Lipinski definition) is 7. The highest BCUT2D eigenvalue weighted by Gasteiger charge is 2.26. The van der Waals surface area contributed by atoms with Crippen molar-refractivity contribution in [2.24, 2.45) is 0 Å². The Morgan fingerprint density at radius 2 is 1.39 bits per heavy atom. The van der Waals surface area contributed by atoms with E-state index in [0.717, 1.165) is 31.2 Å². The summed E-state index contributed by atoms with van der Waals surface area (Å²) in [6.07, 6.45) is 11.9. The molecular formula is C31H40O7. The average Bonchev–Trinajstić information content (AvgIpc) is 2.87. The fraction of sp³-hybridized carbons (Fsp3) is 0.516. The largest absolute Gasteiger partial charge is 0.485 e. The summed E-state index contributed by atoms with van der Waals surface area (Å²) in [7, 11) is 0. The van der Waals surface area contributed by atoms with Crippen molar-refractivity contribution in [3.63, 3.8) is 0 Å². The van der Waals surface area contributed by atoms with Gasteiger partial charge in [-0.2, -0.15) is 0 Å². The first kappa shape index (κ1) is 29.2. The fourth-order valence-corrected chi connectivity index (χ4v) is 4.65. The SMILES string of the molecule is CCCCCCCCCCCC(=O)Oc1cc(OC(C)=O)ccc1C1CCc2ccc(OC(C)=O)cc2O1. The molecule has 0 aliphatic carbocycles. The Hall–Kier alpha value is -3.35. The van der Waals surface area contributed by atoms with Crippen molar-refractivity contribution in [2.75, 3.05) is 0 Å². The van der Waals surface area contributed by atoms with Gasteiger partial charge in [0, 0.05) is 38.0 Å². The van der Waals surface area contributed by atoms with E-state index in [4.69, 9.17) is 18.9 Å². The average molecular weight is 525 g/mol. The number of unbranched alkanes of at least 4 members (excludes halogenated alkanes) is 8. The van der Waals surface area contributed by atoms with E-state index in [2.05, 4.69) is 6.92 Å².